The Morgan fingerprint density at radius 3 is 2.70 bits per heavy atom. The Balaban J connectivity index is 1.95. The highest BCUT2D eigenvalue weighted by Gasteiger charge is 2.17. The van der Waals surface area contributed by atoms with Crippen molar-refractivity contribution in [2.75, 3.05) is 18.5 Å². The zero-order valence-corrected chi connectivity index (χ0v) is 10.8. The first-order valence-corrected chi connectivity index (χ1v) is 6.24. The molecule has 0 aliphatic carbocycles. The minimum Gasteiger partial charge on any atom is -0.486 e. The molecule has 7 nitrogen and oxygen atoms in total. The van der Waals surface area contributed by atoms with Crippen LogP contribution in [0.3, 0.4) is 0 Å². The number of hydrogen-bond donors (Lipinski definition) is 3. The van der Waals surface area contributed by atoms with Gasteiger partial charge in [0, 0.05) is 18.2 Å². The molecule has 0 radical (unpaired) electrons. The summed E-state index contributed by atoms with van der Waals surface area (Å²) in [6, 6.07) is 4.16. The Labute approximate surface area is 115 Å². The van der Waals surface area contributed by atoms with Crippen LogP contribution in [0.2, 0.25) is 0 Å². The number of hydrogen-bond acceptors (Lipinski definition) is 5. The summed E-state index contributed by atoms with van der Waals surface area (Å²) in [7, 11) is 0. The second-order valence-electron chi connectivity index (χ2n) is 4.39. The molecule has 1 aliphatic rings. The van der Waals surface area contributed by atoms with Gasteiger partial charge in [-0.15, -0.1) is 0 Å². The minimum atomic E-state index is -0.979. The summed E-state index contributed by atoms with van der Waals surface area (Å²) < 4.78 is 10.8. The highest BCUT2D eigenvalue weighted by Crippen LogP contribution is 2.32. The summed E-state index contributed by atoms with van der Waals surface area (Å²) in [6.07, 6.45) is -0.0541. The van der Waals surface area contributed by atoms with Gasteiger partial charge in [-0.05, 0) is 18.6 Å². The van der Waals surface area contributed by atoms with Crippen molar-refractivity contribution in [3.63, 3.8) is 0 Å². The fourth-order valence-electron chi connectivity index (χ4n) is 1.77. The maximum Gasteiger partial charge on any atom is 0.303 e. The second kappa shape index (κ2) is 6.25. The highest BCUT2D eigenvalue weighted by atomic mass is 16.6. The lowest BCUT2D eigenvalue weighted by atomic mass is 10.1. The number of aliphatic carboxylic acids is 1. The molecule has 0 aromatic heterocycles. The average molecular weight is 280 g/mol. The Bertz CT molecular complexity index is 517. The third-order valence-electron chi connectivity index (χ3n) is 2.82. The lowest BCUT2D eigenvalue weighted by Gasteiger charge is -2.19. The molecule has 0 fully saturated rings. The number of nitrogens with one attached hydrogen (secondary N) is 1. The third-order valence-corrected chi connectivity index (χ3v) is 2.82. The summed E-state index contributed by atoms with van der Waals surface area (Å²) >= 11 is 0. The van der Waals surface area contributed by atoms with Crippen LogP contribution in [0.5, 0.6) is 11.5 Å². The van der Waals surface area contributed by atoms with E-state index in [-0.39, 0.29) is 12.8 Å². The smallest absolute Gasteiger partial charge is 0.303 e. The van der Waals surface area contributed by atoms with Crippen LogP contribution in [0.15, 0.2) is 18.2 Å². The summed E-state index contributed by atoms with van der Waals surface area (Å²) in [5.74, 6) is -0.215. The van der Waals surface area contributed by atoms with Gasteiger partial charge in [-0.2, -0.15) is 0 Å². The first kappa shape index (κ1) is 14.1. The predicted molar refractivity (Wildman–Crippen MR) is 70.9 cm³/mol. The molecule has 108 valence electrons. The van der Waals surface area contributed by atoms with Crippen molar-refractivity contribution in [3.8, 4) is 11.5 Å². The van der Waals surface area contributed by atoms with Gasteiger partial charge in [-0.1, -0.05) is 0 Å². The van der Waals surface area contributed by atoms with E-state index < -0.39 is 17.9 Å². The fraction of sp³-hybridized carbons (Fsp3) is 0.385. The van der Waals surface area contributed by atoms with Gasteiger partial charge in [0.1, 0.15) is 13.2 Å². The first-order chi connectivity index (χ1) is 9.56. The van der Waals surface area contributed by atoms with Gasteiger partial charge in [0.05, 0.1) is 6.04 Å². The van der Waals surface area contributed by atoms with Crippen LogP contribution < -0.4 is 20.5 Å². The molecule has 0 saturated carbocycles. The largest absolute Gasteiger partial charge is 0.486 e. The zero-order chi connectivity index (χ0) is 14.5. The molecule has 0 saturated heterocycles. The predicted octanol–water partition coefficient (Wildman–Crippen LogP) is 0.588. The fourth-order valence-corrected chi connectivity index (χ4v) is 1.77. The zero-order valence-electron chi connectivity index (χ0n) is 10.8. The molecule has 7 heteroatoms. The van der Waals surface area contributed by atoms with Crippen molar-refractivity contribution in [2.24, 2.45) is 5.73 Å². The van der Waals surface area contributed by atoms with Crippen LogP contribution in [0.25, 0.3) is 0 Å². The van der Waals surface area contributed by atoms with Crippen LogP contribution in [-0.2, 0) is 9.59 Å². The molecular weight excluding hydrogens is 264 g/mol. The summed E-state index contributed by atoms with van der Waals surface area (Å²) in [5, 5.41) is 11.2. The molecule has 4 N–H and O–H groups in total. The summed E-state index contributed by atoms with van der Waals surface area (Å²) in [6.45, 7) is 0.960. The van der Waals surface area contributed by atoms with Crippen molar-refractivity contribution in [1.82, 2.24) is 0 Å². The normalized spacial score (nSPS) is 14.4. The van der Waals surface area contributed by atoms with Gasteiger partial charge in [0.2, 0.25) is 5.91 Å². The Hall–Kier alpha value is -2.28. The number of carbonyl (C=O) groups excluding carboxylic acids is 1. The number of ether oxygens (including phenoxy) is 2. The number of amides is 1. The number of carboxylic acid groups (broad SMARTS) is 1. The molecule has 1 unspecified atom stereocenters. The molecule has 1 aromatic rings. The molecule has 0 spiro atoms. The van der Waals surface area contributed by atoms with Crippen molar-refractivity contribution < 1.29 is 24.2 Å². The summed E-state index contributed by atoms with van der Waals surface area (Å²) in [5.41, 5.74) is 6.15. The van der Waals surface area contributed by atoms with Crippen molar-refractivity contribution >= 4 is 17.6 Å². The van der Waals surface area contributed by atoms with Crippen molar-refractivity contribution in [2.45, 2.75) is 18.9 Å². The lowest BCUT2D eigenvalue weighted by Crippen LogP contribution is -2.36. The SMILES string of the molecule is NC(CCC(=O)O)C(=O)Nc1ccc2c(c1)OCCO2. The Morgan fingerprint density at radius 2 is 2.00 bits per heavy atom. The molecule has 1 aromatic carbocycles. The van der Waals surface area contributed by atoms with E-state index in [1.807, 2.05) is 0 Å². The van der Waals surface area contributed by atoms with Gasteiger partial charge in [0.25, 0.3) is 0 Å². The topological polar surface area (TPSA) is 111 Å². The Morgan fingerprint density at radius 1 is 1.30 bits per heavy atom. The van der Waals surface area contributed by atoms with E-state index >= 15 is 0 Å². The molecule has 0 bridgehead atoms. The summed E-state index contributed by atoms with van der Waals surface area (Å²) in [4.78, 5) is 22.2. The molecule has 1 amide bonds. The number of carbonyl (C=O) groups is 2. The number of carboxylic acids is 1. The first-order valence-electron chi connectivity index (χ1n) is 6.24. The van der Waals surface area contributed by atoms with E-state index in [0.717, 1.165) is 0 Å². The monoisotopic (exact) mass is 280 g/mol. The van der Waals surface area contributed by atoms with Gasteiger partial charge in [-0.3, -0.25) is 9.59 Å². The maximum atomic E-state index is 11.8. The van der Waals surface area contributed by atoms with Crippen molar-refractivity contribution in [3.05, 3.63) is 18.2 Å². The molecular formula is C13H16N2O5. The lowest BCUT2D eigenvalue weighted by molar-refractivity contribution is -0.137. The van der Waals surface area contributed by atoms with Gasteiger partial charge < -0.3 is 25.6 Å². The number of benzene rings is 1. The van der Waals surface area contributed by atoms with E-state index in [1.165, 1.54) is 0 Å². The second-order valence-corrected chi connectivity index (χ2v) is 4.39. The molecule has 1 atom stereocenters. The van der Waals surface area contributed by atoms with Gasteiger partial charge in [-0.25, -0.2) is 0 Å². The average Bonchev–Trinajstić information content (AvgIpc) is 2.44. The number of nitrogens with two attached hydrogens (primary N) is 1. The molecule has 2 rings (SSSR count). The van der Waals surface area contributed by atoms with Crippen LogP contribution >= 0.6 is 0 Å². The Kier molecular flexibility index (Phi) is 4.41. The van der Waals surface area contributed by atoms with E-state index in [0.29, 0.717) is 30.4 Å². The standard InChI is InChI=1S/C13H16N2O5/c14-9(2-4-12(16)17)13(18)15-8-1-3-10-11(7-8)20-6-5-19-10/h1,3,7,9H,2,4-6,14H2,(H,15,18)(H,16,17). The van der Waals surface area contributed by atoms with E-state index in [2.05, 4.69) is 5.32 Å². The quantitative estimate of drug-likeness (QED) is 0.728. The van der Waals surface area contributed by atoms with E-state index in [1.54, 1.807) is 18.2 Å². The number of rotatable bonds is 5. The molecule has 20 heavy (non-hydrogen) atoms. The van der Waals surface area contributed by atoms with Crippen molar-refractivity contribution in [1.29, 1.82) is 0 Å². The molecule has 1 heterocycles. The van der Waals surface area contributed by atoms with Crippen LogP contribution in [0, 0.1) is 0 Å². The maximum absolute atomic E-state index is 11.8. The van der Waals surface area contributed by atoms with E-state index in [9.17, 15) is 9.59 Å². The third kappa shape index (κ3) is 3.61. The number of fused-ring (bicyclic) bond motifs is 1. The highest BCUT2D eigenvalue weighted by molar-refractivity contribution is 5.95. The van der Waals surface area contributed by atoms with Crippen LogP contribution in [0.1, 0.15) is 12.8 Å². The van der Waals surface area contributed by atoms with E-state index in [4.69, 9.17) is 20.3 Å². The minimum absolute atomic E-state index is 0.0890. The molecule has 1 aliphatic heterocycles. The van der Waals surface area contributed by atoms with Gasteiger partial charge in [0.15, 0.2) is 11.5 Å². The van der Waals surface area contributed by atoms with Crippen LogP contribution in [0.4, 0.5) is 5.69 Å². The van der Waals surface area contributed by atoms with Gasteiger partial charge >= 0.3 is 5.97 Å². The number of anilines is 1. The van der Waals surface area contributed by atoms with Crippen LogP contribution in [-0.4, -0.2) is 36.2 Å².